The quantitative estimate of drug-likeness (QED) is 0.607. The molecule has 8 heteroatoms. The Morgan fingerprint density at radius 2 is 1.97 bits per heavy atom. The van der Waals surface area contributed by atoms with E-state index in [1.807, 2.05) is 19.9 Å². The molecule has 3 heterocycles. The van der Waals surface area contributed by atoms with E-state index in [9.17, 15) is 0 Å². The predicted molar refractivity (Wildman–Crippen MR) is 125 cm³/mol. The summed E-state index contributed by atoms with van der Waals surface area (Å²) in [7, 11) is 2.15. The van der Waals surface area contributed by atoms with Crippen molar-refractivity contribution in [3.05, 3.63) is 52.8 Å². The van der Waals surface area contributed by atoms with E-state index < -0.39 is 0 Å². The van der Waals surface area contributed by atoms with E-state index in [-0.39, 0.29) is 24.4 Å². The standard InChI is InChI=1S/C24H30N6O2/c1-14(2)32-21-17(5-7-27-22(21)25)13-31-24-23(26)28-11-20(29-24)18-9-15(3)19-12-30(4)8-6-16(19)10-18/h5,7,9-11,14H,6,8,12-13H2,1-4H3,(H2,25,27)(H2,26,28). The maximum Gasteiger partial charge on any atom is 0.258 e. The van der Waals surface area contributed by atoms with Crippen molar-refractivity contribution in [1.82, 2.24) is 19.9 Å². The molecule has 168 valence electrons. The van der Waals surface area contributed by atoms with E-state index >= 15 is 0 Å². The number of ether oxygens (including phenoxy) is 2. The van der Waals surface area contributed by atoms with Gasteiger partial charge in [0.05, 0.1) is 18.0 Å². The fraction of sp³-hybridized carbons (Fsp3) is 0.375. The number of anilines is 2. The lowest BCUT2D eigenvalue weighted by molar-refractivity contribution is 0.229. The summed E-state index contributed by atoms with van der Waals surface area (Å²) in [5.74, 6) is 1.35. The summed E-state index contributed by atoms with van der Waals surface area (Å²) in [6, 6.07) is 6.17. The number of rotatable bonds is 6. The third kappa shape index (κ3) is 4.60. The average molecular weight is 435 g/mol. The van der Waals surface area contributed by atoms with Gasteiger partial charge in [-0.3, -0.25) is 0 Å². The third-order valence-electron chi connectivity index (χ3n) is 5.55. The Kier molecular flexibility index (Phi) is 6.14. The molecule has 1 aromatic carbocycles. The minimum Gasteiger partial charge on any atom is -0.487 e. The van der Waals surface area contributed by atoms with Gasteiger partial charge in [-0.25, -0.2) is 15.0 Å². The lowest BCUT2D eigenvalue weighted by atomic mass is 9.92. The van der Waals surface area contributed by atoms with Crippen LogP contribution in [-0.4, -0.2) is 39.5 Å². The summed E-state index contributed by atoms with van der Waals surface area (Å²) in [5.41, 5.74) is 18.6. The van der Waals surface area contributed by atoms with E-state index in [0.29, 0.717) is 11.6 Å². The van der Waals surface area contributed by atoms with Gasteiger partial charge >= 0.3 is 0 Å². The molecule has 32 heavy (non-hydrogen) atoms. The number of fused-ring (bicyclic) bond motifs is 1. The normalized spacial score (nSPS) is 13.8. The molecule has 2 aromatic heterocycles. The topological polar surface area (TPSA) is 112 Å². The van der Waals surface area contributed by atoms with Crippen molar-refractivity contribution in [2.24, 2.45) is 0 Å². The van der Waals surface area contributed by atoms with Crippen molar-refractivity contribution in [2.45, 2.75) is 46.4 Å². The zero-order valence-corrected chi connectivity index (χ0v) is 19.1. The molecule has 1 aliphatic rings. The Balaban J connectivity index is 1.60. The van der Waals surface area contributed by atoms with E-state index in [0.717, 1.165) is 36.3 Å². The molecule has 0 fully saturated rings. The first kappa shape index (κ1) is 21.8. The van der Waals surface area contributed by atoms with Crippen LogP contribution in [0.5, 0.6) is 11.6 Å². The molecule has 0 aliphatic carbocycles. The number of likely N-dealkylation sites (N-methyl/N-ethyl adjacent to an activating group) is 1. The van der Waals surface area contributed by atoms with Crippen molar-refractivity contribution in [1.29, 1.82) is 0 Å². The molecular formula is C24H30N6O2. The van der Waals surface area contributed by atoms with Crippen LogP contribution < -0.4 is 20.9 Å². The van der Waals surface area contributed by atoms with Gasteiger partial charge < -0.3 is 25.8 Å². The molecular weight excluding hydrogens is 404 g/mol. The fourth-order valence-electron chi connectivity index (χ4n) is 3.91. The first-order valence-corrected chi connectivity index (χ1v) is 10.8. The van der Waals surface area contributed by atoms with Crippen LogP contribution in [0.2, 0.25) is 0 Å². The van der Waals surface area contributed by atoms with Crippen molar-refractivity contribution < 1.29 is 9.47 Å². The third-order valence-corrected chi connectivity index (χ3v) is 5.55. The van der Waals surface area contributed by atoms with Gasteiger partial charge in [-0.2, -0.15) is 0 Å². The number of aromatic nitrogens is 3. The van der Waals surface area contributed by atoms with Gasteiger partial charge in [0.15, 0.2) is 17.4 Å². The largest absolute Gasteiger partial charge is 0.487 e. The van der Waals surface area contributed by atoms with Gasteiger partial charge in [0.1, 0.15) is 6.61 Å². The van der Waals surface area contributed by atoms with Crippen molar-refractivity contribution in [3.63, 3.8) is 0 Å². The first-order chi connectivity index (χ1) is 15.3. The molecule has 0 amide bonds. The van der Waals surface area contributed by atoms with Gasteiger partial charge in [-0.15, -0.1) is 0 Å². The first-order valence-electron chi connectivity index (χ1n) is 10.8. The van der Waals surface area contributed by atoms with Crippen LogP contribution in [0.3, 0.4) is 0 Å². The lowest BCUT2D eigenvalue weighted by Gasteiger charge is -2.27. The van der Waals surface area contributed by atoms with Gasteiger partial charge in [0.2, 0.25) is 0 Å². The van der Waals surface area contributed by atoms with Gasteiger partial charge in [0, 0.05) is 30.4 Å². The summed E-state index contributed by atoms with van der Waals surface area (Å²) >= 11 is 0. The SMILES string of the molecule is Cc1cc(-c2cnc(N)c(OCc3ccnc(N)c3OC(C)C)n2)cc2c1CN(C)CC2. The number of nitrogens with zero attached hydrogens (tertiary/aromatic N) is 4. The molecule has 0 spiro atoms. The monoisotopic (exact) mass is 434 g/mol. The summed E-state index contributed by atoms with van der Waals surface area (Å²) in [6.45, 7) is 8.22. The molecule has 4 rings (SSSR count). The van der Waals surface area contributed by atoms with E-state index in [4.69, 9.17) is 20.9 Å². The van der Waals surface area contributed by atoms with Crippen molar-refractivity contribution >= 4 is 11.6 Å². The molecule has 3 aromatic rings. The number of benzene rings is 1. The Morgan fingerprint density at radius 1 is 1.16 bits per heavy atom. The smallest absolute Gasteiger partial charge is 0.258 e. The molecule has 0 radical (unpaired) electrons. The molecule has 0 atom stereocenters. The minimum absolute atomic E-state index is 0.0412. The predicted octanol–water partition coefficient (Wildman–Crippen LogP) is 3.37. The van der Waals surface area contributed by atoms with Gasteiger partial charge in [0.25, 0.3) is 5.88 Å². The average Bonchev–Trinajstić information content (AvgIpc) is 2.75. The zero-order valence-electron chi connectivity index (χ0n) is 19.1. The minimum atomic E-state index is -0.0412. The molecule has 0 saturated carbocycles. The number of hydrogen-bond donors (Lipinski definition) is 2. The highest BCUT2D eigenvalue weighted by atomic mass is 16.5. The summed E-state index contributed by atoms with van der Waals surface area (Å²) in [5, 5.41) is 0. The number of hydrogen-bond acceptors (Lipinski definition) is 8. The highest BCUT2D eigenvalue weighted by Gasteiger charge is 2.18. The zero-order chi connectivity index (χ0) is 22.8. The van der Waals surface area contributed by atoms with Crippen LogP contribution in [0.15, 0.2) is 30.6 Å². The summed E-state index contributed by atoms with van der Waals surface area (Å²) in [6.07, 6.45) is 4.30. The Bertz CT molecular complexity index is 1130. The number of aryl methyl sites for hydroxylation is 1. The van der Waals surface area contributed by atoms with Crippen LogP contribution >= 0.6 is 0 Å². The summed E-state index contributed by atoms with van der Waals surface area (Å²) in [4.78, 5) is 15.4. The Morgan fingerprint density at radius 3 is 2.75 bits per heavy atom. The van der Waals surface area contributed by atoms with Crippen LogP contribution in [0, 0.1) is 6.92 Å². The van der Waals surface area contributed by atoms with Crippen molar-refractivity contribution in [2.75, 3.05) is 25.1 Å². The van der Waals surface area contributed by atoms with Crippen LogP contribution in [0.1, 0.15) is 36.1 Å². The second-order valence-electron chi connectivity index (χ2n) is 8.50. The maximum absolute atomic E-state index is 6.06. The van der Waals surface area contributed by atoms with E-state index in [2.05, 4.69) is 46.0 Å². The molecule has 0 bridgehead atoms. The fourth-order valence-corrected chi connectivity index (χ4v) is 3.91. The lowest BCUT2D eigenvalue weighted by Crippen LogP contribution is -2.27. The molecule has 1 aliphatic heterocycles. The highest BCUT2D eigenvalue weighted by molar-refractivity contribution is 5.64. The second-order valence-corrected chi connectivity index (χ2v) is 8.50. The van der Waals surface area contributed by atoms with Crippen LogP contribution in [0.4, 0.5) is 11.6 Å². The van der Waals surface area contributed by atoms with Crippen LogP contribution in [0.25, 0.3) is 11.3 Å². The van der Waals surface area contributed by atoms with Gasteiger partial charge in [-0.1, -0.05) is 0 Å². The molecule has 8 nitrogen and oxygen atoms in total. The van der Waals surface area contributed by atoms with Gasteiger partial charge in [-0.05, 0) is 69.1 Å². The summed E-state index contributed by atoms with van der Waals surface area (Å²) < 4.78 is 11.8. The maximum atomic E-state index is 6.06. The van der Waals surface area contributed by atoms with Crippen molar-refractivity contribution in [3.8, 4) is 22.9 Å². The Labute approximate surface area is 188 Å². The molecule has 0 unspecified atom stereocenters. The molecule has 4 N–H and O–H groups in total. The Hall–Kier alpha value is -3.39. The highest BCUT2D eigenvalue weighted by Crippen LogP contribution is 2.31. The number of nitrogens with two attached hydrogens (primary N) is 2. The van der Waals surface area contributed by atoms with E-state index in [1.54, 1.807) is 12.4 Å². The van der Waals surface area contributed by atoms with E-state index in [1.165, 1.54) is 16.7 Å². The molecule has 0 saturated heterocycles. The van der Waals surface area contributed by atoms with Crippen LogP contribution in [-0.2, 0) is 19.6 Å². The number of nitrogen functional groups attached to an aromatic ring is 2. The number of pyridine rings is 1. The second kappa shape index (κ2) is 9.00.